The summed E-state index contributed by atoms with van der Waals surface area (Å²) >= 11 is 5.59. The molecule has 23 heavy (non-hydrogen) atoms. The van der Waals surface area contributed by atoms with Crippen molar-refractivity contribution >= 4 is 23.0 Å². The van der Waals surface area contributed by atoms with E-state index >= 15 is 0 Å². The Kier molecular flexibility index (Phi) is 4.91. The molecule has 120 valence electrons. The van der Waals surface area contributed by atoms with E-state index in [9.17, 15) is 4.39 Å². The third-order valence-corrected chi connectivity index (χ3v) is 4.70. The number of anilines is 1. The molecule has 0 unspecified atom stereocenters. The van der Waals surface area contributed by atoms with Gasteiger partial charge in [-0.2, -0.15) is 0 Å². The van der Waals surface area contributed by atoms with E-state index in [1.54, 1.807) is 18.2 Å². The van der Waals surface area contributed by atoms with E-state index in [4.69, 9.17) is 12.2 Å². The van der Waals surface area contributed by atoms with Crippen LogP contribution >= 0.6 is 12.2 Å². The van der Waals surface area contributed by atoms with E-state index in [1.165, 1.54) is 24.5 Å². The summed E-state index contributed by atoms with van der Waals surface area (Å²) in [6.07, 6.45) is 2.49. The first-order valence-corrected chi connectivity index (χ1v) is 8.42. The summed E-state index contributed by atoms with van der Waals surface area (Å²) in [5, 5.41) is 3.66. The van der Waals surface area contributed by atoms with E-state index in [0.29, 0.717) is 22.8 Å². The molecule has 0 amide bonds. The second-order valence-electron chi connectivity index (χ2n) is 6.10. The highest BCUT2D eigenvalue weighted by molar-refractivity contribution is 7.80. The summed E-state index contributed by atoms with van der Waals surface area (Å²) in [6, 6.07) is 17.2. The van der Waals surface area contributed by atoms with Crippen molar-refractivity contribution in [2.45, 2.75) is 32.4 Å². The van der Waals surface area contributed by atoms with Gasteiger partial charge in [0.1, 0.15) is 5.82 Å². The molecule has 1 aliphatic rings. The van der Waals surface area contributed by atoms with Crippen LogP contribution in [0, 0.1) is 11.7 Å². The van der Waals surface area contributed by atoms with Crippen LogP contribution in [0.4, 0.5) is 10.1 Å². The first-order chi connectivity index (χ1) is 11.1. The number of halogens is 1. The third kappa shape index (κ3) is 4.08. The smallest absolute Gasteiger partial charge is 0.174 e. The Hall–Kier alpha value is -1.94. The van der Waals surface area contributed by atoms with E-state index in [1.807, 2.05) is 18.2 Å². The fraction of sp³-hybridized carbons (Fsp3) is 0.316. The highest BCUT2D eigenvalue weighted by Gasteiger charge is 2.33. The number of nitrogens with zero attached hydrogens (tertiary/aromatic N) is 1. The quantitative estimate of drug-likeness (QED) is 0.792. The van der Waals surface area contributed by atoms with Gasteiger partial charge in [-0.1, -0.05) is 42.5 Å². The zero-order valence-corrected chi connectivity index (χ0v) is 14.0. The number of nitrogens with one attached hydrogen (secondary N) is 1. The number of para-hydroxylation sites is 1. The van der Waals surface area contributed by atoms with Gasteiger partial charge in [0.05, 0.1) is 5.69 Å². The maximum absolute atomic E-state index is 13.9. The summed E-state index contributed by atoms with van der Waals surface area (Å²) in [5.74, 6) is 0.396. The molecule has 1 atom stereocenters. The van der Waals surface area contributed by atoms with Gasteiger partial charge in [0.25, 0.3) is 0 Å². The molecule has 1 aliphatic carbocycles. The lowest BCUT2D eigenvalue weighted by Crippen LogP contribution is -2.42. The summed E-state index contributed by atoms with van der Waals surface area (Å²) in [6.45, 7) is 2.94. The lowest BCUT2D eigenvalue weighted by molar-refractivity contribution is 0.298. The van der Waals surface area contributed by atoms with Crippen molar-refractivity contribution in [3.8, 4) is 0 Å². The van der Waals surface area contributed by atoms with Crippen LogP contribution in [0.2, 0.25) is 0 Å². The second kappa shape index (κ2) is 7.09. The van der Waals surface area contributed by atoms with Crippen LogP contribution in [-0.4, -0.2) is 16.1 Å². The molecule has 1 fully saturated rings. The van der Waals surface area contributed by atoms with Gasteiger partial charge in [0.15, 0.2) is 5.11 Å². The molecule has 0 spiro atoms. The van der Waals surface area contributed by atoms with Crippen LogP contribution in [0.15, 0.2) is 54.6 Å². The highest BCUT2D eigenvalue weighted by Crippen LogP contribution is 2.36. The molecular formula is C19H21FN2S. The van der Waals surface area contributed by atoms with Crippen molar-refractivity contribution < 1.29 is 4.39 Å². The van der Waals surface area contributed by atoms with Crippen LogP contribution in [0.25, 0.3) is 0 Å². The van der Waals surface area contributed by atoms with Gasteiger partial charge in [-0.15, -0.1) is 0 Å². The maximum atomic E-state index is 13.9. The molecule has 2 nitrogen and oxygen atoms in total. The Labute approximate surface area is 142 Å². The van der Waals surface area contributed by atoms with Gasteiger partial charge in [-0.25, -0.2) is 4.39 Å². The van der Waals surface area contributed by atoms with Gasteiger partial charge in [-0.05, 0) is 55.6 Å². The number of hydrogen-bond donors (Lipinski definition) is 1. The largest absolute Gasteiger partial charge is 0.342 e. The number of rotatable bonds is 5. The number of benzene rings is 2. The van der Waals surface area contributed by atoms with Crippen molar-refractivity contribution in [2.24, 2.45) is 5.92 Å². The minimum absolute atomic E-state index is 0.284. The van der Waals surface area contributed by atoms with Crippen molar-refractivity contribution in [1.29, 1.82) is 0 Å². The van der Waals surface area contributed by atoms with Crippen LogP contribution in [0.1, 0.15) is 25.3 Å². The molecule has 4 heteroatoms. The Morgan fingerprint density at radius 1 is 1.17 bits per heavy atom. The molecular weight excluding hydrogens is 307 g/mol. The Bertz CT molecular complexity index is 670. The standard InChI is InChI=1S/C19H21FN2S/c1-14(16-11-12-16)22(13-15-7-3-2-4-8-15)19(23)21-18-10-6-5-9-17(18)20/h2-10,14,16H,11-13H2,1H3,(H,21,23)/t14-/m0/s1. The normalized spacial score (nSPS) is 15.0. The minimum atomic E-state index is -0.284. The maximum Gasteiger partial charge on any atom is 0.174 e. The molecule has 0 aromatic heterocycles. The van der Waals surface area contributed by atoms with E-state index in [-0.39, 0.29) is 5.82 Å². The lowest BCUT2D eigenvalue weighted by atomic mass is 10.1. The van der Waals surface area contributed by atoms with Crippen LogP contribution < -0.4 is 5.32 Å². The van der Waals surface area contributed by atoms with Gasteiger partial charge in [0, 0.05) is 12.6 Å². The van der Waals surface area contributed by atoms with Crippen LogP contribution in [0.5, 0.6) is 0 Å². The van der Waals surface area contributed by atoms with Gasteiger partial charge >= 0.3 is 0 Å². The summed E-state index contributed by atoms with van der Waals surface area (Å²) < 4.78 is 13.9. The summed E-state index contributed by atoms with van der Waals surface area (Å²) in [5.41, 5.74) is 1.64. The Balaban J connectivity index is 1.77. The zero-order valence-electron chi connectivity index (χ0n) is 13.2. The molecule has 3 rings (SSSR count). The van der Waals surface area contributed by atoms with Crippen LogP contribution in [0.3, 0.4) is 0 Å². The number of thiocarbonyl (C=S) groups is 1. The van der Waals surface area contributed by atoms with Gasteiger partial charge in [0.2, 0.25) is 0 Å². The number of hydrogen-bond acceptors (Lipinski definition) is 1. The fourth-order valence-electron chi connectivity index (χ4n) is 2.76. The predicted molar refractivity (Wildman–Crippen MR) is 96.8 cm³/mol. The predicted octanol–water partition coefficient (Wildman–Crippen LogP) is 4.82. The first-order valence-electron chi connectivity index (χ1n) is 8.01. The molecule has 1 N–H and O–H groups in total. The highest BCUT2D eigenvalue weighted by atomic mass is 32.1. The minimum Gasteiger partial charge on any atom is -0.342 e. The fourth-order valence-corrected chi connectivity index (χ4v) is 3.10. The molecule has 2 aromatic rings. The van der Waals surface area contributed by atoms with E-state index in [0.717, 1.165) is 6.54 Å². The Morgan fingerprint density at radius 2 is 1.83 bits per heavy atom. The summed E-state index contributed by atoms with van der Waals surface area (Å²) in [4.78, 5) is 2.18. The monoisotopic (exact) mass is 328 g/mol. The topological polar surface area (TPSA) is 15.3 Å². The Morgan fingerprint density at radius 3 is 2.48 bits per heavy atom. The first kappa shape index (κ1) is 15.9. The van der Waals surface area contributed by atoms with Crippen molar-refractivity contribution in [3.05, 3.63) is 66.0 Å². The van der Waals surface area contributed by atoms with Gasteiger partial charge < -0.3 is 10.2 Å². The lowest BCUT2D eigenvalue weighted by Gasteiger charge is -2.32. The zero-order chi connectivity index (χ0) is 16.2. The molecule has 1 saturated carbocycles. The molecule has 2 aromatic carbocycles. The average molecular weight is 328 g/mol. The van der Waals surface area contributed by atoms with Gasteiger partial charge in [-0.3, -0.25) is 0 Å². The van der Waals surface area contributed by atoms with Crippen LogP contribution in [-0.2, 0) is 6.54 Å². The van der Waals surface area contributed by atoms with Crippen molar-refractivity contribution in [2.75, 3.05) is 5.32 Å². The SMILES string of the molecule is C[C@@H](C1CC1)N(Cc1ccccc1)C(=S)Nc1ccccc1F. The molecule has 0 bridgehead atoms. The second-order valence-corrected chi connectivity index (χ2v) is 6.49. The molecule has 0 radical (unpaired) electrons. The molecule has 0 saturated heterocycles. The molecule has 0 heterocycles. The summed E-state index contributed by atoms with van der Waals surface area (Å²) in [7, 11) is 0. The third-order valence-electron chi connectivity index (χ3n) is 4.37. The molecule has 0 aliphatic heterocycles. The van der Waals surface area contributed by atoms with Crippen molar-refractivity contribution in [1.82, 2.24) is 4.90 Å². The van der Waals surface area contributed by atoms with E-state index < -0.39 is 0 Å². The van der Waals surface area contributed by atoms with E-state index in [2.05, 4.69) is 29.3 Å². The average Bonchev–Trinajstić information content (AvgIpc) is 3.40. The van der Waals surface area contributed by atoms with Crippen molar-refractivity contribution in [3.63, 3.8) is 0 Å².